The minimum absolute atomic E-state index is 0.515. The van der Waals surface area contributed by atoms with Gasteiger partial charge in [0.15, 0.2) is 5.65 Å². The van der Waals surface area contributed by atoms with Crippen LogP contribution in [0.5, 0.6) is 0 Å². The van der Waals surface area contributed by atoms with Crippen molar-refractivity contribution in [3.8, 4) is 11.3 Å². The van der Waals surface area contributed by atoms with Crippen molar-refractivity contribution < 1.29 is 0 Å². The molecule has 5 rings (SSSR count). The Labute approximate surface area is 205 Å². The van der Waals surface area contributed by atoms with E-state index in [1.54, 1.807) is 10.7 Å². The van der Waals surface area contributed by atoms with Gasteiger partial charge < -0.3 is 5.32 Å². The molecule has 1 atom stereocenters. The summed E-state index contributed by atoms with van der Waals surface area (Å²) in [6, 6.07) is 17.8. The summed E-state index contributed by atoms with van der Waals surface area (Å²) in [4.78, 5) is 7.21. The standard InChI is InChI=1S/C25H24BCl2N5/c26-20-14-30-33-24(12-23(31-25(20)33)19-8-2-4-10-22(19)28)29-13-17-6-5-11-32(15-17)16-18-7-1-3-9-21(18)27/h1-4,7-10,12,14,17,29H,5-6,11,13,15-16H2. The average molecular weight is 476 g/mol. The van der Waals surface area contributed by atoms with Crippen LogP contribution in [0.25, 0.3) is 16.9 Å². The number of nitrogens with one attached hydrogen (secondary N) is 1. The third kappa shape index (κ3) is 4.88. The molecule has 1 saturated heterocycles. The lowest BCUT2D eigenvalue weighted by Gasteiger charge is -2.33. The van der Waals surface area contributed by atoms with Gasteiger partial charge in [0, 0.05) is 47.5 Å². The molecule has 0 aliphatic carbocycles. The van der Waals surface area contributed by atoms with Crippen LogP contribution in [0.4, 0.5) is 5.82 Å². The first kappa shape index (κ1) is 22.3. The lowest BCUT2D eigenvalue weighted by atomic mass is 9.97. The fourth-order valence-electron chi connectivity index (χ4n) is 4.49. The average Bonchev–Trinajstić information content (AvgIpc) is 3.20. The maximum atomic E-state index is 6.44. The van der Waals surface area contributed by atoms with Crippen LogP contribution in [-0.4, -0.2) is 47.0 Å². The minimum Gasteiger partial charge on any atom is -0.370 e. The molecule has 0 bridgehead atoms. The summed E-state index contributed by atoms with van der Waals surface area (Å²) in [5.74, 6) is 1.37. The van der Waals surface area contributed by atoms with Crippen molar-refractivity contribution >= 4 is 48.0 Å². The van der Waals surface area contributed by atoms with Gasteiger partial charge in [-0.2, -0.15) is 9.61 Å². The van der Waals surface area contributed by atoms with Crippen LogP contribution in [0.2, 0.25) is 10.0 Å². The number of hydrogen-bond acceptors (Lipinski definition) is 4. The first-order valence-electron chi connectivity index (χ1n) is 11.2. The molecule has 1 fully saturated rings. The third-order valence-electron chi connectivity index (χ3n) is 6.18. The van der Waals surface area contributed by atoms with Crippen molar-refractivity contribution in [1.82, 2.24) is 19.5 Å². The Kier molecular flexibility index (Phi) is 6.58. The molecule has 3 heterocycles. The first-order chi connectivity index (χ1) is 16.1. The number of likely N-dealkylation sites (tertiary alicyclic amines) is 1. The zero-order valence-corrected chi connectivity index (χ0v) is 19.7. The number of piperidine rings is 1. The summed E-state index contributed by atoms with van der Waals surface area (Å²) >= 11 is 12.8. The Balaban J connectivity index is 1.34. The molecule has 5 nitrogen and oxygen atoms in total. The van der Waals surface area contributed by atoms with Crippen LogP contribution in [0.1, 0.15) is 18.4 Å². The summed E-state index contributed by atoms with van der Waals surface area (Å²) < 4.78 is 1.76. The highest BCUT2D eigenvalue weighted by Gasteiger charge is 2.21. The van der Waals surface area contributed by atoms with Gasteiger partial charge in [0.1, 0.15) is 13.7 Å². The van der Waals surface area contributed by atoms with Crippen LogP contribution in [0.15, 0.2) is 60.8 Å². The quantitative estimate of drug-likeness (QED) is 0.406. The largest absolute Gasteiger partial charge is 0.370 e. The molecule has 1 aliphatic rings. The van der Waals surface area contributed by atoms with Crippen molar-refractivity contribution in [1.29, 1.82) is 0 Å². The Morgan fingerprint density at radius 2 is 1.85 bits per heavy atom. The SMILES string of the molecule is [B]c1cnn2c(NCC3CCCN(Cc4ccccc4Cl)C3)cc(-c3ccccc3Cl)nc12. The highest BCUT2D eigenvalue weighted by atomic mass is 35.5. The molecule has 33 heavy (non-hydrogen) atoms. The fourth-order valence-corrected chi connectivity index (χ4v) is 4.92. The second-order valence-electron chi connectivity index (χ2n) is 8.56. The van der Waals surface area contributed by atoms with Gasteiger partial charge in [0.25, 0.3) is 0 Å². The molecule has 2 radical (unpaired) electrons. The van der Waals surface area contributed by atoms with E-state index in [-0.39, 0.29) is 0 Å². The van der Waals surface area contributed by atoms with Crippen molar-refractivity contribution in [2.24, 2.45) is 5.92 Å². The molecule has 1 aliphatic heterocycles. The molecule has 1 unspecified atom stereocenters. The molecule has 0 spiro atoms. The smallest absolute Gasteiger partial charge is 0.150 e. The maximum absolute atomic E-state index is 6.44. The Bertz CT molecular complexity index is 1270. The molecule has 1 N–H and O–H groups in total. The van der Waals surface area contributed by atoms with Crippen LogP contribution in [0, 0.1) is 5.92 Å². The highest BCUT2D eigenvalue weighted by Crippen LogP contribution is 2.29. The van der Waals surface area contributed by atoms with Crippen molar-refractivity contribution in [2.45, 2.75) is 19.4 Å². The van der Waals surface area contributed by atoms with E-state index in [1.165, 1.54) is 18.4 Å². The van der Waals surface area contributed by atoms with E-state index in [9.17, 15) is 0 Å². The number of nitrogens with zero attached hydrogens (tertiary/aromatic N) is 4. The van der Waals surface area contributed by atoms with Crippen LogP contribution < -0.4 is 10.8 Å². The predicted molar refractivity (Wildman–Crippen MR) is 137 cm³/mol. The molecular formula is C25H24BCl2N5. The van der Waals surface area contributed by atoms with Gasteiger partial charge >= 0.3 is 0 Å². The Morgan fingerprint density at radius 1 is 1.06 bits per heavy atom. The lowest BCUT2D eigenvalue weighted by Crippen LogP contribution is -2.37. The van der Waals surface area contributed by atoms with Gasteiger partial charge in [-0.05, 0) is 48.5 Å². The second kappa shape index (κ2) is 9.76. The maximum Gasteiger partial charge on any atom is 0.150 e. The Morgan fingerprint density at radius 3 is 2.67 bits per heavy atom. The molecule has 166 valence electrons. The number of halogens is 2. The second-order valence-corrected chi connectivity index (χ2v) is 9.37. The summed E-state index contributed by atoms with van der Waals surface area (Å²) in [6.07, 6.45) is 3.98. The van der Waals surface area contributed by atoms with Gasteiger partial charge in [-0.3, -0.25) is 4.90 Å². The third-order valence-corrected chi connectivity index (χ3v) is 6.87. The van der Waals surface area contributed by atoms with Crippen LogP contribution in [0.3, 0.4) is 0 Å². The van der Waals surface area contributed by atoms with Gasteiger partial charge in [0.05, 0.1) is 5.69 Å². The molecular weight excluding hydrogens is 452 g/mol. The molecule has 0 saturated carbocycles. The van der Waals surface area contributed by atoms with Crippen molar-refractivity contribution in [3.05, 3.63) is 76.4 Å². The topological polar surface area (TPSA) is 45.5 Å². The molecule has 0 amide bonds. The lowest BCUT2D eigenvalue weighted by molar-refractivity contribution is 0.173. The van der Waals surface area contributed by atoms with E-state index in [4.69, 9.17) is 36.0 Å². The Hall–Kier alpha value is -2.54. The van der Waals surface area contributed by atoms with E-state index in [1.807, 2.05) is 48.5 Å². The van der Waals surface area contributed by atoms with E-state index >= 15 is 0 Å². The summed E-state index contributed by atoms with van der Waals surface area (Å²) in [7, 11) is 6.15. The van der Waals surface area contributed by atoms with Crippen molar-refractivity contribution in [3.63, 3.8) is 0 Å². The molecule has 8 heteroatoms. The van der Waals surface area contributed by atoms with Crippen LogP contribution >= 0.6 is 23.2 Å². The monoisotopic (exact) mass is 475 g/mol. The first-order valence-corrected chi connectivity index (χ1v) is 11.9. The number of anilines is 1. The summed E-state index contributed by atoms with van der Waals surface area (Å²) in [5.41, 5.74) is 3.98. The number of rotatable bonds is 6. The van der Waals surface area contributed by atoms with E-state index in [0.29, 0.717) is 22.1 Å². The zero-order valence-electron chi connectivity index (χ0n) is 18.2. The van der Waals surface area contributed by atoms with E-state index in [0.717, 1.165) is 48.3 Å². The normalized spacial score (nSPS) is 16.8. The fraction of sp³-hybridized carbons (Fsp3) is 0.280. The number of fused-ring (bicyclic) bond motifs is 1. The van der Waals surface area contributed by atoms with Crippen molar-refractivity contribution in [2.75, 3.05) is 25.0 Å². The van der Waals surface area contributed by atoms with E-state index in [2.05, 4.69) is 21.4 Å². The van der Waals surface area contributed by atoms with Gasteiger partial charge in [-0.25, -0.2) is 4.98 Å². The number of hydrogen-bond donors (Lipinski definition) is 1. The van der Waals surface area contributed by atoms with Crippen LogP contribution in [-0.2, 0) is 6.54 Å². The number of benzene rings is 2. The molecule has 4 aromatic rings. The van der Waals surface area contributed by atoms with Gasteiger partial charge in [0.2, 0.25) is 0 Å². The minimum atomic E-state index is 0.515. The predicted octanol–water partition coefficient (Wildman–Crippen LogP) is 4.82. The van der Waals surface area contributed by atoms with Gasteiger partial charge in [-0.1, -0.05) is 59.6 Å². The summed E-state index contributed by atoms with van der Waals surface area (Å²) in [5, 5.41) is 9.52. The molecule has 2 aromatic heterocycles. The number of aromatic nitrogens is 3. The summed E-state index contributed by atoms with van der Waals surface area (Å²) in [6.45, 7) is 3.82. The molecule has 2 aromatic carbocycles. The van der Waals surface area contributed by atoms with E-state index < -0.39 is 0 Å². The highest BCUT2D eigenvalue weighted by molar-refractivity contribution is 6.36. The zero-order chi connectivity index (χ0) is 22.8. The van der Waals surface area contributed by atoms with Gasteiger partial charge in [-0.15, -0.1) is 0 Å².